The number of nitrogens with zero attached hydrogens (tertiary/aromatic N) is 3. The monoisotopic (exact) mass is 472 g/mol. The number of amides is 2. The Morgan fingerprint density at radius 1 is 1.23 bits per heavy atom. The van der Waals surface area contributed by atoms with Gasteiger partial charge < -0.3 is 5.32 Å². The van der Waals surface area contributed by atoms with Gasteiger partial charge in [-0.1, -0.05) is 65.9 Å². The Bertz CT molecular complexity index is 1030. The zero-order valence-corrected chi connectivity index (χ0v) is 19.9. The molecule has 31 heavy (non-hydrogen) atoms. The third-order valence-electron chi connectivity index (χ3n) is 4.96. The summed E-state index contributed by atoms with van der Waals surface area (Å²) in [4.78, 5) is 27.9. The number of hydrogen-bond donors (Lipinski definition) is 1. The molecule has 4 rings (SSSR count). The van der Waals surface area contributed by atoms with Crippen LogP contribution in [-0.2, 0) is 9.59 Å². The van der Waals surface area contributed by atoms with Crippen molar-refractivity contribution in [3.63, 3.8) is 0 Å². The molecule has 0 saturated heterocycles. The van der Waals surface area contributed by atoms with Crippen LogP contribution in [0.1, 0.15) is 48.2 Å². The molecule has 6 nitrogen and oxygen atoms in total. The molecular weight excluding hydrogens is 448 g/mol. The van der Waals surface area contributed by atoms with E-state index in [-0.39, 0.29) is 29.7 Å². The molecule has 1 N–H and O–H groups in total. The first-order valence-corrected chi connectivity index (χ1v) is 12.9. The maximum Gasteiger partial charge on any atom is 0.231 e. The zero-order chi connectivity index (χ0) is 21.8. The summed E-state index contributed by atoms with van der Waals surface area (Å²) in [6, 6.07) is 12.3. The molecule has 9 heteroatoms. The highest BCUT2D eigenvalue weighted by Crippen LogP contribution is 2.36. The maximum atomic E-state index is 12.7. The molecule has 3 aromatic rings. The van der Waals surface area contributed by atoms with Gasteiger partial charge in [-0.3, -0.25) is 14.5 Å². The van der Waals surface area contributed by atoms with Crippen LogP contribution in [0.25, 0.3) is 0 Å². The van der Waals surface area contributed by atoms with E-state index in [0.717, 1.165) is 23.3 Å². The first-order chi connectivity index (χ1) is 15.0. The lowest BCUT2D eigenvalue weighted by atomic mass is 10.0. The fourth-order valence-corrected chi connectivity index (χ4v) is 5.73. The van der Waals surface area contributed by atoms with Gasteiger partial charge in [0.15, 0.2) is 4.34 Å². The van der Waals surface area contributed by atoms with Crippen LogP contribution in [0.3, 0.4) is 0 Å². The quantitative estimate of drug-likeness (QED) is 0.357. The van der Waals surface area contributed by atoms with E-state index >= 15 is 0 Å². The molecule has 1 atom stereocenters. The molecule has 1 aromatic carbocycles. The second-order valence-electron chi connectivity index (χ2n) is 7.41. The molecule has 2 heterocycles. The fourth-order valence-electron chi connectivity index (χ4n) is 3.19. The van der Waals surface area contributed by atoms with Gasteiger partial charge in [-0.2, -0.15) is 0 Å². The maximum absolute atomic E-state index is 12.7. The van der Waals surface area contributed by atoms with Gasteiger partial charge >= 0.3 is 0 Å². The molecule has 1 aliphatic rings. The average Bonchev–Trinajstić information content (AvgIpc) is 3.25. The summed E-state index contributed by atoms with van der Waals surface area (Å²) >= 11 is 4.36. The fraction of sp³-hybridized carbons (Fsp3) is 0.364. The van der Waals surface area contributed by atoms with Crippen molar-refractivity contribution in [2.24, 2.45) is 0 Å². The minimum absolute atomic E-state index is 0.0654. The number of hydrogen-bond acceptors (Lipinski definition) is 7. The Kier molecular flexibility index (Phi) is 7.04. The van der Waals surface area contributed by atoms with Crippen LogP contribution in [0.2, 0.25) is 0 Å². The lowest BCUT2D eigenvalue weighted by Crippen LogP contribution is -2.32. The van der Waals surface area contributed by atoms with E-state index in [1.54, 1.807) is 16.2 Å². The van der Waals surface area contributed by atoms with Gasteiger partial charge in [-0.05, 0) is 36.8 Å². The van der Waals surface area contributed by atoms with Crippen molar-refractivity contribution in [3.05, 3.63) is 57.8 Å². The number of aryl methyl sites for hydroxylation is 1. The van der Waals surface area contributed by atoms with Crippen molar-refractivity contribution in [3.8, 4) is 0 Å². The van der Waals surface area contributed by atoms with Crippen LogP contribution in [0.4, 0.5) is 5.13 Å². The Labute approximate surface area is 194 Å². The highest BCUT2D eigenvalue weighted by Gasteiger charge is 2.35. The van der Waals surface area contributed by atoms with Crippen LogP contribution in [-0.4, -0.2) is 33.8 Å². The number of anilines is 1. The summed E-state index contributed by atoms with van der Waals surface area (Å²) in [6.07, 6.45) is 2.47. The zero-order valence-electron chi connectivity index (χ0n) is 17.4. The number of nitrogens with one attached hydrogen (secondary N) is 1. The SMILES string of the molecule is CCC(=O)N(c1nnc(SCC(=O)NC(c2ccc(C)cc2)c2cccs2)s1)C1CC1. The summed E-state index contributed by atoms with van der Waals surface area (Å²) in [6.45, 7) is 3.91. The Balaban J connectivity index is 1.39. The van der Waals surface area contributed by atoms with Gasteiger partial charge in [0.05, 0.1) is 11.8 Å². The van der Waals surface area contributed by atoms with Gasteiger partial charge in [0, 0.05) is 17.3 Å². The first kappa shape index (κ1) is 22.0. The largest absolute Gasteiger partial charge is 0.344 e. The van der Waals surface area contributed by atoms with Crippen molar-refractivity contribution in [2.45, 2.75) is 49.5 Å². The number of rotatable bonds is 9. The van der Waals surface area contributed by atoms with Crippen LogP contribution in [0.5, 0.6) is 0 Å². The molecule has 1 aliphatic carbocycles. The predicted molar refractivity (Wildman–Crippen MR) is 127 cm³/mol. The van der Waals surface area contributed by atoms with E-state index in [0.29, 0.717) is 15.9 Å². The van der Waals surface area contributed by atoms with Crippen molar-refractivity contribution in [1.82, 2.24) is 15.5 Å². The summed E-state index contributed by atoms with van der Waals surface area (Å²) in [7, 11) is 0. The highest BCUT2D eigenvalue weighted by molar-refractivity contribution is 8.01. The molecule has 1 fully saturated rings. The number of aromatic nitrogens is 2. The van der Waals surface area contributed by atoms with Gasteiger partial charge in [0.1, 0.15) is 0 Å². The Morgan fingerprint density at radius 3 is 2.65 bits per heavy atom. The lowest BCUT2D eigenvalue weighted by Gasteiger charge is -2.18. The minimum Gasteiger partial charge on any atom is -0.344 e. The first-order valence-electron chi connectivity index (χ1n) is 10.2. The average molecular weight is 473 g/mol. The summed E-state index contributed by atoms with van der Waals surface area (Å²) in [5.74, 6) is 0.252. The van der Waals surface area contributed by atoms with Crippen molar-refractivity contribution < 1.29 is 9.59 Å². The van der Waals surface area contributed by atoms with Crippen LogP contribution in [0.15, 0.2) is 46.1 Å². The standard InChI is InChI=1S/C22H24N4O2S3/c1-3-19(28)26(16-10-11-16)21-24-25-22(31-21)30-13-18(27)23-20(17-5-4-12-29-17)15-8-6-14(2)7-9-15/h4-9,12,16,20H,3,10-11,13H2,1-2H3,(H,23,27). The molecule has 1 saturated carbocycles. The van der Waals surface area contributed by atoms with Gasteiger partial charge in [0.2, 0.25) is 16.9 Å². The van der Waals surface area contributed by atoms with Crippen LogP contribution in [0, 0.1) is 6.92 Å². The normalized spacial score (nSPS) is 14.3. The smallest absolute Gasteiger partial charge is 0.231 e. The molecule has 0 aliphatic heterocycles. The third kappa shape index (κ3) is 5.53. The van der Waals surface area contributed by atoms with Gasteiger partial charge in [0.25, 0.3) is 0 Å². The summed E-state index contributed by atoms with van der Waals surface area (Å²) in [5.41, 5.74) is 2.24. The molecule has 2 aromatic heterocycles. The number of thiophene rings is 1. The van der Waals surface area contributed by atoms with E-state index in [9.17, 15) is 9.59 Å². The third-order valence-corrected chi connectivity index (χ3v) is 7.95. The topological polar surface area (TPSA) is 75.2 Å². The van der Waals surface area contributed by atoms with E-state index in [4.69, 9.17) is 0 Å². The number of carbonyl (C=O) groups excluding carboxylic acids is 2. The molecule has 2 amide bonds. The predicted octanol–water partition coefficient (Wildman–Crippen LogP) is 4.81. The molecule has 162 valence electrons. The van der Waals surface area contributed by atoms with E-state index in [1.807, 2.05) is 31.4 Å². The van der Waals surface area contributed by atoms with Crippen LogP contribution < -0.4 is 10.2 Å². The number of carbonyl (C=O) groups is 2. The molecule has 0 radical (unpaired) electrons. The molecule has 0 spiro atoms. The van der Waals surface area contributed by atoms with E-state index < -0.39 is 0 Å². The van der Waals surface area contributed by atoms with E-state index in [1.165, 1.54) is 28.7 Å². The Morgan fingerprint density at radius 2 is 2.00 bits per heavy atom. The number of benzene rings is 1. The Hall–Kier alpha value is -2.23. The second kappa shape index (κ2) is 9.93. The van der Waals surface area contributed by atoms with Crippen molar-refractivity contribution in [2.75, 3.05) is 10.7 Å². The molecular formula is C22H24N4O2S3. The summed E-state index contributed by atoms with van der Waals surface area (Å²) < 4.78 is 0.697. The summed E-state index contributed by atoms with van der Waals surface area (Å²) in [5, 5.41) is 14.2. The van der Waals surface area contributed by atoms with Crippen molar-refractivity contribution in [1.29, 1.82) is 0 Å². The van der Waals surface area contributed by atoms with E-state index in [2.05, 4.69) is 39.8 Å². The number of thioether (sulfide) groups is 1. The molecule has 1 unspecified atom stereocenters. The minimum atomic E-state index is -0.175. The highest BCUT2D eigenvalue weighted by atomic mass is 32.2. The van der Waals surface area contributed by atoms with Crippen LogP contribution >= 0.6 is 34.4 Å². The van der Waals surface area contributed by atoms with Crippen molar-refractivity contribution >= 4 is 51.4 Å². The second-order valence-corrected chi connectivity index (χ2v) is 10.6. The molecule has 0 bridgehead atoms. The van der Waals surface area contributed by atoms with Gasteiger partial charge in [-0.25, -0.2) is 0 Å². The van der Waals surface area contributed by atoms with Gasteiger partial charge in [-0.15, -0.1) is 21.5 Å². The lowest BCUT2D eigenvalue weighted by molar-refractivity contribution is -0.119.